The predicted octanol–water partition coefficient (Wildman–Crippen LogP) is 2.54. The van der Waals surface area contributed by atoms with Crippen LogP contribution in [0.4, 0.5) is 14.6 Å². The summed E-state index contributed by atoms with van der Waals surface area (Å²) in [6.07, 6.45) is 1.06. The fourth-order valence-corrected chi connectivity index (χ4v) is 2.75. The summed E-state index contributed by atoms with van der Waals surface area (Å²) in [4.78, 5) is 5.90. The monoisotopic (exact) mass is 301 g/mol. The molecule has 1 aromatic carbocycles. The van der Waals surface area contributed by atoms with Crippen LogP contribution in [0.1, 0.15) is 23.6 Å². The summed E-state index contributed by atoms with van der Waals surface area (Å²) in [7, 11) is 0. The second-order valence-electron chi connectivity index (χ2n) is 5.24. The maximum atomic E-state index is 14.0. The van der Waals surface area contributed by atoms with Gasteiger partial charge in [-0.1, -0.05) is 0 Å². The lowest BCUT2D eigenvalue weighted by atomic mass is 10.0. The zero-order chi connectivity index (χ0) is 15.7. The van der Waals surface area contributed by atoms with Crippen molar-refractivity contribution in [3.05, 3.63) is 59.3 Å². The lowest BCUT2D eigenvalue weighted by Gasteiger charge is -2.26. The number of halogens is 2. The molecule has 1 N–H and O–H groups in total. The Bertz CT molecular complexity index is 727. The standard InChI is InChI=1S/C16H13F2N3O/c17-11-2-3-14(18)13(5-11)15-6-12(22)9-21(15)16-4-1-10(7-19)8-20-16/h1-5,8,12,15,22H,6,9H2/t12-,15-/m0/s1. The highest BCUT2D eigenvalue weighted by Crippen LogP contribution is 2.36. The predicted molar refractivity (Wildman–Crippen MR) is 76.0 cm³/mol. The van der Waals surface area contributed by atoms with E-state index < -0.39 is 23.8 Å². The van der Waals surface area contributed by atoms with Gasteiger partial charge >= 0.3 is 0 Å². The number of aromatic nitrogens is 1. The van der Waals surface area contributed by atoms with Crippen molar-refractivity contribution in [1.82, 2.24) is 4.98 Å². The molecular formula is C16H13F2N3O. The Labute approximate surface area is 126 Å². The van der Waals surface area contributed by atoms with Crippen LogP contribution in [0.3, 0.4) is 0 Å². The summed E-state index contributed by atoms with van der Waals surface area (Å²) < 4.78 is 27.4. The third kappa shape index (κ3) is 2.63. The van der Waals surface area contributed by atoms with E-state index in [-0.39, 0.29) is 12.1 Å². The molecule has 2 atom stereocenters. The lowest BCUT2D eigenvalue weighted by molar-refractivity contribution is 0.194. The van der Waals surface area contributed by atoms with Gasteiger partial charge in [-0.25, -0.2) is 13.8 Å². The summed E-state index contributed by atoms with van der Waals surface area (Å²) in [5, 5.41) is 18.7. The quantitative estimate of drug-likeness (QED) is 0.926. The number of β-amino-alcohol motifs (C(OH)–C–C–N with tert-alkyl or cyclic N) is 1. The molecule has 112 valence electrons. The van der Waals surface area contributed by atoms with E-state index in [1.54, 1.807) is 17.0 Å². The molecule has 0 amide bonds. The minimum atomic E-state index is -0.648. The van der Waals surface area contributed by atoms with Crippen LogP contribution in [-0.4, -0.2) is 22.7 Å². The van der Waals surface area contributed by atoms with Gasteiger partial charge in [0.1, 0.15) is 23.5 Å². The number of benzene rings is 1. The van der Waals surface area contributed by atoms with Crippen LogP contribution in [0.15, 0.2) is 36.5 Å². The smallest absolute Gasteiger partial charge is 0.129 e. The molecule has 0 unspecified atom stereocenters. The third-order valence-corrected chi connectivity index (χ3v) is 3.77. The number of hydrogen-bond acceptors (Lipinski definition) is 4. The van der Waals surface area contributed by atoms with Crippen molar-refractivity contribution < 1.29 is 13.9 Å². The van der Waals surface area contributed by atoms with E-state index in [2.05, 4.69) is 4.98 Å². The largest absolute Gasteiger partial charge is 0.391 e. The van der Waals surface area contributed by atoms with Crippen molar-refractivity contribution >= 4 is 5.82 Å². The number of aliphatic hydroxyl groups excluding tert-OH is 1. The van der Waals surface area contributed by atoms with Crippen molar-refractivity contribution in [2.24, 2.45) is 0 Å². The molecule has 0 radical (unpaired) electrons. The Morgan fingerprint density at radius 2 is 2.09 bits per heavy atom. The Kier molecular flexibility index (Phi) is 3.73. The Morgan fingerprint density at radius 1 is 1.27 bits per heavy atom. The van der Waals surface area contributed by atoms with Gasteiger partial charge in [0.25, 0.3) is 0 Å². The summed E-state index contributed by atoms with van der Waals surface area (Å²) in [6.45, 7) is 0.277. The van der Waals surface area contributed by atoms with Gasteiger partial charge in [0, 0.05) is 18.3 Å². The molecule has 1 aromatic heterocycles. The molecular weight excluding hydrogens is 288 g/mol. The van der Waals surface area contributed by atoms with Crippen LogP contribution in [0, 0.1) is 23.0 Å². The molecule has 0 saturated carbocycles. The van der Waals surface area contributed by atoms with Crippen LogP contribution < -0.4 is 4.90 Å². The first-order chi connectivity index (χ1) is 10.6. The van der Waals surface area contributed by atoms with E-state index in [9.17, 15) is 13.9 Å². The molecule has 2 aromatic rings. The average molecular weight is 301 g/mol. The number of nitriles is 1. The third-order valence-electron chi connectivity index (χ3n) is 3.77. The molecule has 2 heterocycles. The first-order valence-corrected chi connectivity index (χ1v) is 6.84. The van der Waals surface area contributed by atoms with Crippen LogP contribution >= 0.6 is 0 Å². The van der Waals surface area contributed by atoms with Crippen LogP contribution in [-0.2, 0) is 0 Å². The van der Waals surface area contributed by atoms with Crippen molar-refractivity contribution in [2.75, 3.05) is 11.4 Å². The van der Waals surface area contributed by atoms with Gasteiger partial charge in [0.2, 0.25) is 0 Å². The molecule has 3 rings (SSSR count). The van der Waals surface area contributed by atoms with E-state index in [4.69, 9.17) is 5.26 Å². The van der Waals surface area contributed by atoms with Gasteiger partial charge in [-0.3, -0.25) is 0 Å². The fraction of sp³-hybridized carbons (Fsp3) is 0.250. The van der Waals surface area contributed by atoms with Gasteiger partial charge in [0.05, 0.1) is 17.7 Å². The molecule has 1 saturated heterocycles. The average Bonchev–Trinajstić information content (AvgIpc) is 2.91. The molecule has 1 aliphatic rings. The van der Waals surface area contributed by atoms with E-state index in [1.807, 2.05) is 6.07 Å². The molecule has 0 aliphatic carbocycles. The zero-order valence-electron chi connectivity index (χ0n) is 11.6. The molecule has 22 heavy (non-hydrogen) atoms. The second kappa shape index (κ2) is 5.70. The first-order valence-electron chi connectivity index (χ1n) is 6.84. The lowest BCUT2D eigenvalue weighted by Crippen LogP contribution is -2.25. The molecule has 1 aliphatic heterocycles. The maximum absolute atomic E-state index is 14.0. The second-order valence-corrected chi connectivity index (χ2v) is 5.24. The van der Waals surface area contributed by atoms with Crippen LogP contribution in [0.2, 0.25) is 0 Å². The fourth-order valence-electron chi connectivity index (χ4n) is 2.75. The Balaban J connectivity index is 1.98. The van der Waals surface area contributed by atoms with Crippen LogP contribution in [0.25, 0.3) is 0 Å². The van der Waals surface area contributed by atoms with E-state index in [1.165, 1.54) is 6.20 Å². The SMILES string of the molecule is N#Cc1ccc(N2C[C@@H](O)C[C@H]2c2cc(F)ccc2F)nc1. The molecule has 1 fully saturated rings. The Morgan fingerprint density at radius 3 is 2.77 bits per heavy atom. The number of aliphatic hydroxyl groups is 1. The minimum absolute atomic E-state index is 0.197. The number of rotatable bonds is 2. The topological polar surface area (TPSA) is 60.2 Å². The first kappa shape index (κ1) is 14.4. The molecule has 6 heteroatoms. The van der Waals surface area contributed by atoms with Crippen molar-refractivity contribution in [3.8, 4) is 6.07 Å². The normalized spacial score (nSPS) is 20.9. The highest BCUT2D eigenvalue weighted by atomic mass is 19.1. The van der Waals surface area contributed by atoms with Gasteiger partial charge in [-0.05, 0) is 36.8 Å². The summed E-state index contributed by atoms with van der Waals surface area (Å²) in [5.41, 5.74) is 0.611. The number of anilines is 1. The van der Waals surface area contributed by atoms with Gasteiger partial charge in [-0.15, -0.1) is 0 Å². The minimum Gasteiger partial charge on any atom is -0.391 e. The van der Waals surface area contributed by atoms with Crippen molar-refractivity contribution in [2.45, 2.75) is 18.6 Å². The van der Waals surface area contributed by atoms with Gasteiger partial charge < -0.3 is 10.0 Å². The zero-order valence-corrected chi connectivity index (χ0v) is 11.6. The van der Waals surface area contributed by atoms with Crippen molar-refractivity contribution in [3.63, 3.8) is 0 Å². The maximum Gasteiger partial charge on any atom is 0.129 e. The van der Waals surface area contributed by atoms with Crippen molar-refractivity contribution in [1.29, 1.82) is 5.26 Å². The molecule has 0 bridgehead atoms. The summed E-state index contributed by atoms with van der Waals surface area (Å²) in [6, 6.07) is 8.02. The summed E-state index contributed by atoms with van der Waals surface area (Å²) in [5.74, 6) is -0.520. The highest BCUT2D eigenvalue weighted by molar-refractivity contribution is 5.47. The number of hydrogen-bond donors (Lipinski definition) is 1. The van der Waals surface area contributed by atoms with Crippen LogP contribution in [0.5, 0.6) is 0 Å². The van der Waals surface area contributed by atoms with E-state index >= 15 is 0 Å². The van der Waals surface area contributed by atoms with Gasteiger partial charge in [-0.2, -0.15) is 5.26 Å². The molecule has 0 spiro atoms. The Hall–Kier alpha value is -2.52. The summed E-state index contributed by atoms with van der Waals surface area (Å²) >= 11 is 0. The van der Waals surface area contributed by atoms with E-state index in [0.717, 1.165) is 18.2 Å². The van der Waals surface area contributed by atoms with E-state index in [0.29, 0.717) is 17.8 Å². The number of nitrogens with zero attached hydrogens (tertiary/aromatic N) is 3. The highest BCUT2D eigenvalue weighted by Gasteiger charge is 2.34. The number of pyridine rings is 1. The molecule has 4 nitrogen and oxygen atoms in total. The van der Waals surface area contributed by atoms with Gasteiger partial charge in [0.15, 0.2) is 0 Å².